The largest absolute Gasteiger partial charge is 0.486 e. The standard InChI is InChI=1S/C25H24Cl2N6O2S.H3O4P/c1-15(23-19(26)9-28-10-20(23)27)35-17-4-5-21-18(7-17)24(31-30-21)16-3-6-22(29-8-16)32-11-25(12-32)13-33(14-25)36(2)34;1-5(2,3)4/h3-10,15H,11-14H2,1-2H3,(H,30,31);(H3,1,2,3,4)/t15-,36?;/m1./s1. The molecule has 1 spiro atoms. The van der Waals surface area contributed by atoms with Gasteiger partial charge in [0.05, 0.1) is 26.5 Å². The number of hydrogen-bond donors (Lipinski definition) is 4. The Hall–Kier alpha value is -2.61. The van der Waals surface area contributed by atoms with Crippen LogP contribution in [-0.4, -0.2) is 75.8 Å². The number of phosphoric acid groups is 1. The summed E-state index contributed by atoms with van der Waals surface area (Å²) in [4.78, 5) is 32.5. The Balaban J connectivity index is 0.000000623. The van der Waals surface area contributed by atoms with E-state index in [9.17, 15) is 4.21 Å². The van der Waals surface area contributed by atoms with E-state index in [1.54, 1.807) is 18.6 Å². The molecule has 6 rings (SSSR count). The molecule has 2 saturated heterocycles. The van der Waals surface area contributed by atoms with Gasteiger partial charge in [0.25, 0.3) is 0 Å². The molecular weight excluding hydrogens is 614 g/mol. The smallest absolute Gasteiger partial charge is 0.466 e. The highest BCUT2D eigenvalue weighted by Gasteiger charge is 2.53. The second-order valence-electron chi connectivity index (χ2n) is 10.1. The summed E-state index contributed by atoms with van der Waals surface area (Å²) >= 11 is 12.6. The zero-order valence-corrected chi connectivity index (χ0v) is 25.2. The van der Waals surface area contributed by atoms with Crippen molar-refractivity contribution in [2.45, 2.75) is 13.0 Å². The minimum absolute atomic E-state index is 0.267. The fourth-order valence-electron chi connectivity index (χ4n) is 5.08. The minimum Gasteiger partial charge on any atom is -0.486 e. The number of nitrogens with one attached hydrogen (secondary N) is 1. The van der Waals surface area contributed by atoms with Crippen LogP contribution in [0.25, 0.3) is 22.2 Å². The molecule has 2 aliphatic rings. The maximum atomic E-state index is 11.6. The molecule has 2 aliphatic heterocycles. The number of aromatic amines is 1. The van der Waals surface area contributed by atoms with Gasteiger partial charge in [0, 0.05) is 73.0 Å². The predicted molar refractivity (Wildman–Crippen MR) is 157 cm³/mol. The molecule has 0 amide bonds. The van der Waals surface area contributed by atoms with E-state index in [-0.39, 0.29) is 11.5 Å². The molecule has 2 fully saturated rings. The summed E-state index contributed by atoms with van der Waals surface area (Å²) < 4.78 is 28.7. The van der Waals surface area contributed by atoms with Crippen molar-refractivity contribution < 1.29 is 28.2 Å². The van der Waals surface area contributed by atoms with Gasteiger partial charge in [-0.3, -0.25) is 10.1 Å². The van der Waals surface area contributed by atoms with Crippen LogP contribution < -0.4 is 9.64 Å². The van der Waals surface area contributed by atoms with Gasteiger partial charge < -0.3 is 24.3 Å². The number of rotatable bonds is 6. The lowest BCUT2D eigenvalue weighted by atomic mass is 9.74. The molecule has 4 aromatic rings. The van der Waals surface area contributed by atoms with Crippen molar-refractivity contribution in [3.63, 3.8) is 0 Å². The molecule has 218 valence electrons. The topological polar surface area (TPSA) is 165 Å². The molecule has 16 heteroatoms. The maximum Gasteiger partial charge on any atom is 0.466 e. The molecule has 1 unspecified atom stereocenters. The first-order valence-corrected chi connectivity index (χ1v) is 16.2. The van der Waals surface area contributed by atoms with Gasteiger partial charge in [-0.2, -0.15) is 5.10 Å². The highest BCUT2D eigenvalue weighted by Crippen LogP contribution is 2.42. The summed E-state index contributed by atoms with van der Waals surface area (Å²) in [5.41, 5.74) is 3.60. The molecule has 12 nitrogen and oxygen atoms in total. The summed E-state index contributed by atoms with van der Waals surface area (Å²) in [6, 6.07) is 9.87. The maximum absolute atomic E-state index is 11.6. The third-order valence-electron chi connectivity index (χ3n) is 6.93. The predicted octanol–water partition coefficient (Wildman–Crippen LogP) is 3.95. The molecule has 5 heterocycles. The second kappa shape index (κ2) is 11.6. The summed E-state index contributed by atoms with van der Waals surface area (Å²) in [5, 5.41) is 9.49. The SMILES string of the molecule is C[C@@H](Oc1ccc2[nH]nc(-c3ccc(N4CC5(C4)CN(S(C)=O)C5)nc3)c2c1)c1c(Cl)cncc1Cl.O=P(O)(O)O. The van der Waals surface area contributed by atoms with E-state index in [0.29, 0.717) is 21.4 Å². The van der Waals surface area contributed by atoms with E-state index in [1.807, 2.05) is 47.8 Å². The van der Waals surface area contributed by atoms with Gasteiger partial charge in [0.1, 0.15) is 23.4 Å². The van der Waals surface area contributed by atoms with Gasteiger partial charge >= 0.3 is 7.82 Å². The number of aromatic nitrogens is 4. The Morgan fingerprint density at radius 3 is 2.32 bits per heavy atom. The van der Waals surface area contributed by atoms with Gasteiger partial charge in [-0.25, -0.2) is 18.1 Å². The molecule has 0 bridgehead atoms. The Morgan fingerprint density at radius 1 is 1.07 bits per heavy atom. The Bertz CT molecular complexity index is 1610. The van der Waals surface area contributed by atoms with E-state index in [1.165, 1.54) is 0 Å². The van der Waals surface area contributed by atoms with Crippen LogP contribution in [0.15, 0.2) is 48.9 Å². The number of anilines is 1. The fraction of sp³-hybridized carbons (Fsp3) is 0.320. The number of nitrogens with zero attached hydrogens (tertiary/aromatic N) is 5. The van der Waals surface area contributed by atoms with Crippen molar-refractivity contribution in [2.24, 2.45) is 5.41 Å². The van der Waals surface area contributed by atoms with Crippen molar-refractivity contribution in [2.75, 3.05) is 37.3 Å². The highest BCUT2D eigenvalue weighted by molar-refractivity contribution is 7.81. The van der Waals surface area contributed by atoms with Gasteiger partial charge in [-0.15, -0.1) is 0 Å². The van der Waals surface area contributed by atoms with E-state index < -0.39 is 18.8 Å². The van der Waals surface area contributed by atoms with Crippen molar-refractivity contribution in [1.29, 1.82) is 0 Å². The van der Waals surface area contributed by atoms with E-state index >= 15 is 0 Å². The van der Waals surface area contributed by atoms with Crippen molar-refractivity contribution in [3.05, 3.63) is 64.5 Å². The number of halogens is 2. The van der Waals surface area contributed by atoms with Crippen LogP contribution in [0, 0.1) is 5.41 Å². The first kappa shape index (κ1) is 29.9. The Labute approximate surface area is 248 Å². The average molecular weight is 641 g/mol. The molecule has 4 N–H and O–H groups in total. The highest BCUT2D eigenvalue weighted by atomic mass is 35.5. The van der Waals surface area contributed by atoms with Crippen LogP contribution in [0.1, 0.15) is 18.6 Å². The van der Waals surface area contributed by atoms with Gasteiger partial charge in [0.15, 0.2) is 0 Å². The van der Waals surface area contributed by atoms with E-state index in [0.717, 1.165) is 54.2 Å². The normalized spacial score (nSPS) is 17.8. The summed E-state index contributed by atoms with van der Waals surface area (Å²) in [5.74, 6) is 1.63. The number of pyridine rings is 2. The molecule has 41 heavy (non-hydrogen) atoms. The van der Waals surface area contributed by atoms with Gasteiger partial charge in [0.2, 0.25) is 0 Å². The molecule has 0 saturated carbocycles. The van der Waals surface area contributed by atoms with Crippen molar-refractivity contribution >= 4 is 58.7 Å². The van der Waals surface area contributed by atoms with Crippen LogP contribution >= 0.6 is 31.0 Å². The number of hydrogen-bond acceptors (Lipinski definition) is 7. The number of fused-ring (bicyclic) bond motifs is 1. The van der Waals surface area contributed by atoms with E-state index in [4.69, 9.17) is 52.2 Å². The number of H-pyrrole nitrogens is 1. The fourth-order valence-corrected chi connectivity index (χ4v) is 6.66. The zero-order chi connectivity index (χ0) is 29.5. The molecular formula is C25H27Cl2N6O6PS. The first-order valence-electron chi connectivity index (χ1n) is 12.3. The number of ether oxygens (including phenoxy) is 1. The zero-order valence-electron chi connectivity index (χ0n) is 21.9. The molecule has 0 radical (unpaired) electrons. The van der Waals surface area contributed by atoms with Crippen LogP contribution in [-0.2, 0) is 15.6 Å². The van der Waals surface area contributed by atoms with Crippen molar-refractivity contribution in [3.8, 4) is 17.0 Å². The lowest BCUT2D eigenvalue weighted by Gasteiger charge is -2.59. The quantitative estimate of drug-likeness (QED) is 0.227. The Morgan fingerprint density at radius 2 is 1.73 bits per heavy atom. The van der Waals surface area contributed by atoms with Crippen LogP contribution in [0.3, 0.4) is 0 Å². The third kappa shape index (κ3) is 6.73. The lowest BCUT2D eigenvalue weighted by Crippen LogP contribution is -2.72. The van der Waals surface area contributed by atoms with Crippen LogP contribution in [0.2, 0.25) is 10.0 Å². The molecule has 2 atom stereocenters. The third-order valence-corrected chi connectivity index (χ3v) is 8.52. The first-order chi connectivity index (χ1) is 19.3. The van der Waals surface area contributed by atoms with Crippen LogP contribution in [0.5, 0.6) is 5.75 Å². The van der Waals surface area contributed by atoms with E-state index in [2.05, 4.69) is 20.1 Å². The van der Waals surface area contributed by atoms with Gasteiger partial charge in [-0.1, -0.05) is 23.2 Å². The monoisotopic (exact) mass is 640 g/mol. The molecule has 0 aliphatic carbocycles. The summed E-state index contributed by atoms with van der Waals surface area (Å²) in [6.07, 6.45) is 6.36. The molecule has 1 aromatic carbocycles. The lowest BCUT2D eigenvalue weighted by molar-refractivity contribution is 0.0434. The summed E-state index contributed by atoms with van der Waals surface area (Å²) in [7, 11) is -5.52. The van der Waals surface area contributed by atoms with Crippen LogP contribution in [0.4, 0.5) is 5.82 Å². The second-order valence-corrected chi connectivity index (χ2v) is 13.3. The average Bonchev–Trinajstić information content (AvgIpc) is 3.25. The number of benzene rings is 1. The Kier molecular flexibility index (Phi) is 8.44. The minimum atomic E-state index is -4.64. The molecule has 3 aromatic heterocycles. The van der Waals surface area contributed by atoms with Crippen molar-refractivity contribution in [1.82, 2.24) is 24.5 Å². The summed E-state index contributed by atoms with van der Waals surface area (Å²) in [6.45, 7) is 5.59. The van der Waals surface area contributed by atoms with Gasteiger partial charge in [-0.05, 0) is 37.3 Å².